The number of carbonyl (C=O) groups is 2. The molecule has 4 rings (SSSR count). The molecule has 2 fully saturated rings. The molecule has 1 aromatic rings. The molecule has 1 heterocycles. The van der Waals surface area contributed by atoms with Crippen molar-refractivity contribution >= 4 is 46.4 Å². The van der Waals surface area contributed by atoms with Gasteiger partial charge < -0.3 is 5.73 Å². The lowest BCUT2D eigenvalue weighted by Crippen LogP contribution is -2.32. The Morgan fingerprint density at radius 3 is 1.95 bits per heavy atom. The van der Waals surface area contributed by atoms with Crippen LogP contribution in [0.2, 0.25) is 10.0 Å². The zero-order chi connectivity index (χ0) is 14.9. The van der Waals surface area contributed by atoms with Crippen LogP contribution >= 0.6 is 23.2 Å². The summed E-state index contributed by atoms with van der Waals surface area (Å²) in [6.07, 6.45) is 5.02. The summed E-state index contributed by atoms with van der Waals surface area (Å²) < 4.78 is 0. The van der Waals surface area contributed by atoms with E-state index in [9.17, 15) is 9.59 Å². The highest BCUT2D eigenvalue weighted by Gasteiger charge is 2.59. The quantitative estimate of drug-likeness (QED) is 0.491. The van der Waals surface area contributed by atoms with Crippen LogP contribution in [0.25, 0.3) is 0 Å². The van der Waals surface area contributed by atoms with Gasteiger partial charge in [0, 0.05) is 0 Å². The van der Waals surface area contributed by atoms with Gasteiger partial charge in [-0.15, -0.1) is 0 Å². The van der Waals surface area contributed by atoms with Gasteiger partial charge in [0.15, 0.2) is 0 Å². The number of anilines is 2. The molecule has 21 heavy (non-hydrogen) atoms. The summed E-state index contributed by atoms with van der Waals surface area (Å²) >= 11 is 12.0. The zero-order valence-electron chi connectivity index (χ0n) is 10.9. The number of allylic oxidation sites excluding steroid dienone is 2. The number of nitrogens with zero attached hydrogens (tertiary/aromatic N) is 1. The van der Waals surface area contributed by atoms with Crippen LogP contribution in [0.3, 0.4) is 0 Å². The van der Waals surface area contributed by atoms with Crippen LogP contribution in [0.5, 0.6) is 0 Å². The average molecular weight is 323 g/mol. The van der Waals surface area contributed by atoms with E-state index in [1.54, 1.807) is 0 Å². The molecule has 0 aromatic heterocycles. The summed E-state index contributed by atoms with van der Waals surface area (Å²) in [5, 5.41) is 0.493. The second kappa shape index (κ2) is 4.24. The first-order valence-corrected chi connectivity index (χ1v) is 7.55. The van der Waals surface area contributed by atoms with E-state index in [0.717, 1.165) is 6.42 Å². The van der Waals surface area contributed by atoms with Crippen molar-refractivity contribution in [2.75, 3.05) is 10.6 Å². The smallest absolute Gasteiger partial charge is 0.238 e. The number of carbonyl (C=O) groups excluding carboxylic acids is 2. The number of benzene rings is 1. The lowest BCUT2D eigenvalue weighted by Gasteiger charge is -2.18. The molecule has 1 saturated heterocycles. The fraction of sp³-hybridized carbons (Fsp3) is 0.333. The van der Waals surface area contributed by atoms with Gasteiger partial charge in [0.05, 0.1) is 33.3 Å². The molecule has 3 aliphatic rings. The number of rotatable bonds is 1. The fourth-order valence-electron chi connectivity index (χ4n) is 3.86. The zero-order valence-corrected chi connectivity index (χ0v) is 12.4. The summed E-state index contributed by atoms with van der Waals surface area (Å²) in [6.45, 7) is 0. The van der Waals surface area contributed by atoms with Crippen molar-refractivity contribution in [2.45, 2.75) is 6.42 Å². The Morgan fingerprint density at radius 2 is 1.48 bits per heavy atom. The van der Waals surface area contributed by atoms with Crippen molar-refractivity contribution in [2.24, 2.45) is 23.7 Å². The van der Waals surface area contributed by atoms with Crippen molar-refractivity contribution < 1.29 is 9.59 Å². The van der Waals surface area contributed by atoms with Crippen molar-refractivity contribution in [1.29, 1.82) is 0 Å². The molecule has 0 spiro atoms. The third kappa shape index (κ3) is 1.63. The minimum atomic E-state index is -0.234. The normalized spacial score (nSPS) is 33.1. The van der Waals surface area contributed by atoms with Gasteiger partial charge in [-0.3, -0.25) is 9.59 Å². The van der Waals surface area contributed by atoms with Crippen LogP contribution in [0.1, 0.15) is 6.42 Å². The Balaban J connectivity index is 1.78. The van der Waals surface area contributed by atoms with E-state index in [-0.39, 0.29) is 51.2 Å². The van der Waals surface area contributed by atoms with Gasteiger partial charge in [0.1, 0.15) is 0 Å². The van der Waals surface area contributed by atoms with E-state index < -0.39 is 0 Å². The van der Waals surface area contributed by atoms with E-state index in [0.29, 0.717) is 5.69 Å². The van der Waals surface area contributed by atoms with Crippen LogP contribution < -0.4 is 10.6 Å². The third-order valence-corrected chi connectivity index (χ3v) is 5.42. The van der Waals surface area contributed by atoms with Gasteiger partial charge >= 0.3 is 0 Å². The minimum Gasteiger partial charge on any atom is -0.396 e. The summed E-state index contributed by atoms with van der Waals surface area (Å²) in [7, 11) is 0. The predicted molar refractivity (Wildman–Crippen MR) is 81.1 cm³/mol. The molecular formula is C15H12Cl2N2O2. The standard InChI is InChI=1S/C15H12Cl2N2O2/c16-9-4-8(5-10(17)13(9)18)19-14(20)11-6-1-2-7(3-6)12(11)15(19)21/h1-2,4-7,11-12H,3,18H2/t6-,7-,11+,12+/m0/s1. The lowest BCUT2D eigenvalue weighted by molar-refractivity contribution is -0.123. The van der Waals surface area contributed by atoms with Crippen molar-refractivity contribution in [3.63, 3.8) is 0 Å². The largest absolute Gasteiger partial charge is 0.396 e. The van der Waals surface area contributed by atoms with Crippen LogP contribution in [0.4, 0.5) is 11.4 Å². The van der Waals surface area contributed by atoms with Gasteiger partial charge in [-0.25, -0.2) is 4.90 Å². The number of amides is 2. The minimum absolute atomic E-state index is 0.154. The Kier molecular flexibility index (Phi) is 2.66. The van der Waals surface area contributed by atoms with Crippen LogP contribution in [-0.4, -0.2) is 11.8 Å². The number of nitrogen functional groups attached to an aromatic ring is 1. The van der Waals surface area contributed by atoms with E-state index >= 15 is 0 Å². The summed E-state index contributed by atoms with van der Waals surface area (Å²) in [5.74, 6) is -0.412. The second-order valence-electron chi connectivity index (χ2n) is 5.83. The summed E-state index contributed by atoms with van der Waals surface area (Å²) in [6, 6.07) is 3.05. The Morgan fingerprint density at radius 1 is 1.00 bits per heavy atom. The van der Waals surface area contributed by atoms with E-state index in [4.69, 9.17) is 28.9 Å². The summed E-state index contributed by atoms with van der Waals surface area (Å²) in [4.78, 5) is 26.5. The molecule has 4 nitrogen and oxygen atoms in total. The van der Waals surface area contributed by atoms with E-state index in [1.165, 1.54) is 17.0 Å². The maximum atomic E-state index is 12.6. The molecule has 108 valence electrons. The fourth-order valence-corrected chi connectivity index (χ4v) is 4.33. The maximum Gasteiger partial charge on any atom is 0.238 e. The average Bonchev–Trinajstić information content (AvgIpc) is 3.10. The molecule has 6 heteroatoms. The summed E-state index contributed by atoms with van der Waals surface area (Å²) in [5.41, 5.74) is 6.36. The van der Waals surface area contributed by atoms with Crippen molar-refractivity contribution in [3.05, 3.63) is 34.3 Å². The molecular weight excluding hydrogens is 311 g/mol. The van der Waals surface area contributed by atoms with Crippen LogP contribution in [0, 0.1) is 23.7 Å². The molecule has 2 bridgehead atoms. The predicted octanol–water partition coefficient (Wildman–Crippen LogP) is 2.89. The highest BCUT2D eigenvalue weighted by atomic mass is 35.5. The van der Waals surface area contributed by atoms with Crippen molar-refractivity contribution in [1.82, 2.24) is 0 Å². The molecule has 2 aliphatic carbocycles. The highest BCUT2D eigenvalue weighted by Crippen LogP contribution is 2.53. The second-order valence-corrected chi connectivity index (χ2v) is 6.65. The first kappa shape index (κ1) is 13.2. The molecule has 0 radical (unpaired) electrons. The lowest BCUT2D eigenvalue weighted by atomic mass is 9.85. The van der Waals surface area contributed by atoms with Gasteiger partial charge in [-0.1, -0.05) is 35.4 Å². The van der Waals surface area contributed by atoms with E-state index in [1.807, 2.05) is 0 Å². The van der Waals surface area contributed by atoms with Gasteiger partial charge in [-0.05, 0) is 30.4 Å². The van der Waals surface area contributed by atoms with Gasteiger partial charge in [0.25, 0.3) is 0 Å². The number of halogens is 2. The van der Waals surface area contributed by atoms with Gasteiger partial charge in [-0.2, -0.15) is 0 Å². The molecule has 2 N–H and O–H groups in total. The Bertz CT molecular complexity index is 663. The monoisotopic (exact) mass is 322 g/mol. The SMILES string of the molecule is Nc1c(Cl)cc(N2C(=O)[C@H]3[C@H](C2=O)[C@H]2C=C[C@H]3C2)cc1Cl. The number of nitrogens with two attached hydrogens (primary N) is 1. The molecule has 1 aliphatic heterocycles. The van der Waals surface area contributed by atoms with E-state index in [2.05, 4.69) is 12.2 Å². The number of hydrogen-bond donors (Lipinski definition) is 1. The molecule has 1 saturated carbocycles. The Labute approximate surface area is 131 Å². The van der Waals surface area contributed by atoms with Crippen molar-refractivity contribution in [3.8, 4) is 0 Å². The number of imide groups is 1. The Hall–Kier alpha value is -1.52. The number of hydrogen-bond acceptors (Lipinski definition) is 3. The molecule has 0 unspecified atom stereocenters. The number of fused-ring (bicyclic) bond motifs is 5. The first-order valence-electron chi connectivity index (χ1n) is 6.79. The van der Waals surface area contributed by atoms with Gasteiger partial charge in [0.2, 0.25) is 11.8 Å². The third-order valence-electron chi connectivity index (χ3n) is 4.79. The first-order chi connectivity index (χ1) is 9.99. The topological polar surface area (TPSA) is 63.4 Å². The van der Waals surface area contributed by atoms with Crippen LogP contribution in [-0.2, 0) is 9.59 Å². The molecule has 1 aromatic carbocycles. The molecule has 2 amide bonds. The van der Waals surface area contributed by atoms with Crippen LogP contribution in [0.15, 0.2) is 24.3 Å². The maximum absolute atomic E-state index is 12.6. The molecule has 4 atom stereocenters. The highest BCUT2D eigenvalue weighted by molar-refractivity contribution is 6.39.